The number of nitrogens with zero attached hydrogens (tertiary/aromatic N) is 2. The number of anilines is 1. The molecule has 1 saturated carbocycles. The third-order valence-electron chi connectivity index (χ3n) is 6.37. The molecular weight excluding hydrogens is 542 g/mol. The van der Waals surface area contributed by atoms with Gasteiger partial charge in [0.2, 0.25) is 5.78 Å². The van der Waals surface area contributed by atoms with Gasteiger partial charge in [-0.2, -0.15) is 8.42 Å². The number of hydrogen-bond acceptors (Lipinski definition) is 11. The molecule has 2 heterocycles. The van der Waals surface area contributed by atoms with Crippen LogP contribution in [-0.4, -0.2) is 59.2 Å². The maximum absolute atomic E-state index is 13.4. The van der Waals surface area contributed by atoms with Crippen LogP contribution >= 0.6 is 22.9 Å². The van der Waals surface area contributed by atoms with Gasteiger partial charge in [0.15, 0.2) is 0 Å². The first-order chi connectivity index (χ1) is 17.4. The molecule has 0 unspecified atom stereocenters. The van der Waals surface area contributed by atoms with Gasteiger partial charge in [0, 0.05) is 17.1 Å². The summed E-state index contributed by atoms with van der Waals surface area (Å²) >= 11 is 7.35. The summed E-state index contributed by atoms with van der Waals surface area (Å²) in [4.78, 5) is 21.9. The van der Waals surface area contributed by atoms with Gasteiger partial charge in [-0.15, -0.1) is 11.3 Å². The third kappa shape index (κ3) is 6.16. The van der Waals surface area contributed by atoms with Gasteiger partial charge in [-0.1, -0.05) is 23.7 Å². The van der Waals surface area contributed by atoms with Crippen LogP contribution in [-0.2, 0) is 20.0 Å². The smallest absolute Gasteiger partial charge is 0.333 e. The van der Waals surface area contributed by atoms with E-state index >= 15 is 0 Å². The average molecular weight is 568 g/mol. The Labute approximate surface area is 222 Å². The summed E-state index contributed by atoms with van der Waals surface area (Å²) in [6.45, 7) is 1.43. The summed E-state index contributed by atoms with van der Waals surface area (Å²) in [7, 11) is -4.20. The van der Waals surface area contributed by atoms with Crippen LogP contribution < -0.4 is 16.2 Å². The SMILES string of the molecule is C[C@](N)(c1cccc(Cl)c1)c1csc(C(=O)c2cncnc2N[C@@H]2C[C@H](COS(N)(=O)=O)[C@@H](O)[C@H]2O)c1. The summed E-state index contributed by atoms with van der Waals surface area (Å²) in [6.07, 6.45) is 0.206. The van der Waals surface area contributed by atoms with Gasteiger partial charge >= 0.3 is 10.3 Å². The van der Waals surface area contributed by atoms with Crippen molar-refractivity contribution in [2.75, 3.05) is 11.9 Å². The Hall–Kier alpha value is -2.49. The van der Waals surface area contributed by atoms with Crippen LogP contribution in [0.1, 0.15) is 39.7 Å². The van der Waals surface area contributed by atoms with Gasteiger partial charge in [0.25, 0.3) is 0 Å². The summed E-state index contributed by atoms with van der Waals surface area (Å²) in [5.41, 5.74) is 7.38. The highest BCUT2D eigenvalue weighted by molar-refractivity contribution is 7.84. The van der Waals surface area contributed by atoms with E-state index in [9.17, 15) is 23.4 Å². The van der Waals surface area contributed by atoms with Crippen LogP contribution in [0.4, 0.5) is 5.82 Å². The minimum absolute atomic E-state index is 0.143. The molecule has 0 spiro atoms. The Kier molecular flexibility index (Phi) is 7.97. The van der Waals surface area contributed by atoms with E-state index in [-0.39, 0.29) is 23.6 Å². The second kappa shape index (κ2) is 10.7. The zero-order valence-electron chi connectivity index (χ0n) is 19.6. The fourth-order valence-electron chi connectivity index (χ4n) is 4.24. The predicted octanol–water partition coefficient (Wildman–Crippen LogP) is 1.39. The molecule has 1 aliphatic carbocycles. The summed E-state index contributed by atoms with van der Waals surface area (Å²) in [5, 5.41) is 31.0. The number of hydrogen-bond donors (Lipinski definition) is 5. The normalized spacial score (nSPS) is 23.5. The topological polar surface area (TPSA) is 191 Å². The van der Waals surface area contributed by atoms with E-state index in [2.05, 4.69) is 19.5 Å². The van der Waals surface area contributed by atoms with Crippen LogP contribution in [0.25, 0.3) is 0 Å². The molecule has 11 nitrogen and oxygen atoms in total. The Morgan fingerprint density at radius 1 is 1.30 bits per heavy atom. The number of aliphatic hydroxyl groups is 2. The van der Waals surface area contributed by atoms with Crippen LogP contribution in [0.15, 0.2) is 48.2 Å². The van der Waals surface area contributed by atoms with Crippen molar-refractivity contribution in [3.05, 3.63) is 74.8 Å². The van der Waals surface area contributed by atoms with Gasteiger partial charge in [0.05, 0.1) is 34.7 Å². The molecule has 1 aliphatic rings. The van der Waals surface area contributed by atoms with Crippen LogP contribution in [0.5, 0.6) is 0 Å². The number of thiophene rings is 1. The largest absolute Gasteiger partial charge is 0.390 e. The maximum Gasteiger partial charge on any atom is 0.333 e. The lowest BCUT2D eigenvalue weighted by Gasteiger charge is -2.24. The molecule has 4 rings (SSSR count). The number of nitrogens with two attached hydrogens (primary N) is 2. The number of aliphatic hydroxyl groups excluding tert-OH is 2. The second-order valence-corrected chi connectivity index (χ2v) is 11.6. The molecule has 5 atom stereocenters. The number of halogens is 1. The summed E-state index contributed by atoms with van der Waals surface area (Å²) in [5.74, 6) is -0.909. The Morgan fingerprint density at radius 2 is 2.05 bits per heavy atom. The molecule has 1 fully saturated rings. The maximum atomic E-state index is 13.4. The van der Waals surface area contributed by atoms with Crippen molar-refractivity contribution in [2.24, 2.45) is 16.8 Å². The second-order valence-electron chi connectivity index (χ2n) is 9.03. The molecule has 2 aromatic heterocycles. The van der Waals surface area contributed by atoms with Crippen molar-refractivity contribution < 1.29 is 27.6 Å². The first-order valence-electron chi connectivity index (χ1n) is 11.2. The summed E-state index contributed by atoms with van der Waals surface area (Å²) < 4.78 is 26.8. The van der Waals surface area contributed by atoms with E-state index in [0.717, 1.165) is 11.1 Å². The van der Waals surface area contributed by atoms with Crippen molar-refractivity contribution in [1.29, 1.82) is 0 Å². The number of carbonyl (C=O) groups is 1. The minimum atomic E-state index is -4.20. The monoisotopic (exact) mass is 567 g/mol. The summed E-state index contributed by atoms with van der Waals surface area (Å²) in [6, 6.07) is 8.17. The number of nitrogens with one attached hydrogen (secondary N) is 1. The zero-order chi connectivity index (χ0) is 27.0. The van der Waals surface area contributed by atoms with Gasteiger partial charge in [-0.3, -0.25) is 8.98 Å². The van der Waals surface area contributed by atoms with Crippen LogP contribution in [0, 0.1) is 5.92 Å². The van der Waals surface area contributed by atoms with Crippen molar-refractivity contribution >= 4 is 44.8 Å². The molecule has 0 bridgehead atoms. The first-order valence-corrected chi connectivity index (χ1v) is 13.9. The van der Waals surface area contributed by atoms with E-state index in [4.69, 9.17) is 22.5 Å². The lowest BCUT2D eigenvalue weighted by molar-refractivity contribution is 0.00778. The molecule has 37 heavy (non-hydrogen) atoms. The number of carbonyl (C=O) groups excluding carboxylic acids is 1. The van der Waals surface area contributed by atoms with Crippen molar-refractivity contribution in [3.63, 3.8) is 0 Å². The quantitative estimate of drug-likeness (QED) is 0.236. The Morgan fingerprint density at radius 3 is 2.76 bits per heavy atom. The van der Waals surface area contributed by atoms with E-state index in [1.165, 1.54) is 23.9 Å². The molecule has 7 N–H and O–H groups in total. The third-order valence-corrected chi connectivity index (χ3v) is 8.00. The first kappa shape index (κ1) is 27.5. The molecule has 1 aromatic carbocycles. The van der Waals surface area contributed by atoms with Crippen molar-refractivity contribution in [3.8, 4) is 0 Å². The molecule has 0 saturated heterocycles. The predicted molar refractivity (Wildman–Crippen MR) is 138 cm³/mol. The standard InChI is InChI=1S/C23H26ClN5O6S2/c1-23(25,13-3-2-4-15(24)6-13)14-7-18(36-10-14)20(31)16-8-27-11-28-22(16)29-17-5-12(19(30)21(17)32)9-35-37(26,33)34/h2-4,6-8,10-12,17,19,21,30,32H,5,9,25H2,1H3,(H2,26,33,34)(H,27,28,29)/t12-,17-,19-,21+,23+/m1/s1. The lowest BCUT2D eigenvalue weighted by Crippen LogP contribution is -2.36. The van der Waals surface area contributed by atoms with E-state index in [0.29, 0.717) is 9.90 Å². The highest BCUT2D eigenvalue weighted by Crippen LogP contribution is 2.34. The number of benzene rings is 1. The molecular formula is C23H26ClN5O6S2. The van der Waals surface area contributed by atoms with Gasteiger partial charge in [0.1, 0.15) is 18.2 Å². The molecule has 3 aromatic rings. The van der Waals surface area contributed by atoms with Crippen LogP contribution in [0.3, 0.4) is 0 Å². The van der Waals surface area contributed by atoms with Crippen molar-refractivity contribution in [1.82, 2.24) is 9.97 Å². The van der Waals surface area contributed by atoms with Crippen LogP contribution in [0.2, 0.25) is 5.02 Å². The average Bonchev–Trinajstić information content (AvgIpc) is 3.44. The Balaban J connectivity index is 1.53. The molecule has 198 valence electrons. The van der Waals surface area contributed by atoms with Gasteiger partial charge < -0.3 is 21.3 Å². The molecule has 0 amide bonds. The molecule has 0 aliphatic heterocycles. The van der Waals surface area contributed by atoms with Crippen molar-refractivity contribution in [2.45, 2.75) is 37.1 Å². The number of rotatable bonds is 9. The van der Waals surface area contributed by atoms with E-state index in [1.807, 2.05) is 13.0 Å². The number of ketones is 1. The van der Waals surface area contributed by atoms with E-state index < -0.39 is 46.6 Å². The highest BCUT2D eigenvalue weighted by Gasteiger charge is 2.42. The van der Waals surface area contributed by atoms with E-state index in [1.54, 1.807) is 29.6 Å². The Bertz CT molecular complexity index is 1400. The fraction of sp³-hybridized carbons (Fsp3) is 0.348. The fourth-order valence-corrected chi connectivity index (χ4v) is 5.77. The van der Waals surface area contributed by atoms with Gasteiger partial charge in [-0.25, -0.2) is 15.1 Å². The van der Waals surface area contributed by atoms with Gasteiger partial charge in [-0.05, 0) is 48.1 Å². The minimum Gasteiger partial charge on any atom is -0.390 e. The lowest BCUT2D eigenvalue weighted by atomic mass is 9.87. The molecule has 14 heteroatoms. The molecule has 0 radical (unpaired) electrons. The number of aromatic nitrogens is 2. The highest BCUT2D eigenvalue weighted by atomic mass is 35.5. The zero-order valence-corrected chi connectivity index (χ0v) is 22.0.